The zero-order valence-corrected chi connectivity index (χ0v) is 16.6. The van der Waals surface area contributed by atoms with Crippen LogP contribution in [0.2, 0.25) is 0 Å². The molecule has 7 nitrogen and oxygen atoms in total. The van der Waals surface area contributed by atoms with Gasteiger partial charge in [-0.1, -0.05) is 26.0 Å². The molecule has 8 heteroatoms. The molecule has 146 valence electrons. The van der Waals surface area contributed by atoms with Gasteiger partial charge >= 0.3 is 5.97 Å². The van der Waals surface area contributed by atoms with Crippen LogP contribution in [-0.2, 0) is 26.0 Å². The zero-order valence-electron chi connectivity index (χ0n) is 15.8. The molecule has 0 aliphatic carbocycles. The molecule has 26 heavy (non-hydrogen) atoms. The van der Waals surface area contributed by atoms with E-state index in [1.54, 1.807) is 52.0 Å². The monoisotopic (exact) mass is 384 g/mol. The highest BCUT2D eigenvalue weighted by atomic mass is 32.2. The molecule has 1 aromatic rings. The van der Waals surface area contributed by atoms with Crippen LogP contribution in [0, 0.1) is 0 Å². The Morgan fingerprint density at radius 2 is 1.62 bits per heavy atom. The zero-order chi connectivity index (χ0) is 19.9. The number of carboxylic acids is 1. The van der Waals surface area contributed by atoms with E-state index in [9.17, 15) is 18.0 Å². The number of sulfonamides is 1. The van der Waals surface area contributed by atoms with E-state index in [1.807, 2.05) is 0 Å². The van der Waals surface area contributed by atoms with Crippen molar-refractivity contribution in [3.8, 4) is 0 Å². The van der Waals surface area contributed by atoms with Crippen LogP contribution in [0.3, 0.4) is 0 Å². The van der Waals surface area contributed by atoms with E-state index in [1.165, 1.54) is 9.21 Å². The average Bonchev–Trinajstić information content (AvgIpc) is 2.58. The quantitative estimate of drug-likeness (QED) is 0.665. The molecule has 0 aromatic heterocycles. The number of aliphatic carboxylic acids is 1. The lowest BCUT2D eigenvalue weighted by atomic mass is 10.1. The van der Waals surface area contributed by atoms with Gasteiger partial charge in [-0.25, -0.2) is 8.42 Å². The van der Waals surface area contributed by atoms with Crippen molar-refractivity contribution in [1.29, 1.82) is 0 Å². The van der Waals surface area contributed by atoms with Gasteiger partial charge in [-0.3, -0.25) is 9.59 Å². The molecule has 1 N–H and O–H groups in total. The molecule has 1 rings (SSSR count). The molecule has 0 saturated carbocycles. The maximum atomic E-state index is 12.4. The number of aryl methyl sites for hydroxylation is 1. The molecule has 0 aliphatic heterocycles. The highest BCUT2D eigenvalue weighted by Gasteiger charge is 2.22. The van der Waals surface area contributed by atoms with Gasteiger partial charge in [0.2, 0.25) is 15.9 Å². The van der Waals surface area contributed by atoms with Gasteiger partial charge in [0.15, 0.2) is 0 Å². The summed E-state index contributed by atoms with van der Waals surface area (Å²) in [6, 6.07) is 6.29. The lowest BCUT2D eigenvalue weighted by molar-refractivity contribution is -0.145. The molecule has 0 heterocycles. The summed E-state index contributed by atoms with van der Waals surface area (Å²) in [5.74, 6) is -1.28. The molecule has 0 saturated heterocycles. The molecule has 1 aromatic carbocycles. The smallest absolute Gasteiger partial charge is 0.323 e. The topological polar surface area (TPSA) is 95.0 Å². The summed E-state index contributed by atoms with van der Waals surface area (Å²) in [5, 5.41) is 8.90. The second-order valence-electron chi connectivity index (χ2n) is 6.24. The van der Waals surface area contributed by atoms with Crippen LogP contribution < -0.4 is 0 Å². The van der Waals surface area contributed by atoms with Gasteiger partial charge in [0.25, 0.3) is 0 Å². The minimum Gasteiger partial charge on any atom is -0.480 e. The Morgan fingerprint density at radius 1 is 1.08 bits per heavy atom. The fourth-order valence-electron chi connectivity index (χ4n) is 2.64. The number of carboxylic acid groups (broad SMARTS) is 1. The Labute approximate surface area is 155 Å². The van der Waals surface area contributed by atoms with Crippen LogP contribution in [-0.4, -0.2) is 60.3 Å². The molecule has 0 unspecified atom stereocenters. The number of carbonyl (C=O) groups is 2. The standard InChI is InChI=1S/C18H28N2O5S/c1-5-19(6-2)26(24,25)16-10-7-15(8-11-16)9-12-17(21)20(14(3)4)13-18(22)23/h7-8,10-11,14H,5-6,9,12-13H2,1-4H3,(H,22,23). The minimum absolute atomic E-state index is 0.174. The summed E-state index contributed by atoms with van der Waals surface area (Å²) in [5.41, 5.74) is 0.830. The first kappa shape index (κ1) is 22.1. The number of hydrogen-bond acceptors (Lipinski definition) is 4. The van der Waals surface area contributed by atoms with Gasteiger partial charge in [0.1, 0.15) is 6.54 Å². The maximum absolute atomic E-state index is 12.4. The third kappa shape index (κ3) is 5.81. The SMILES string of the molecule is CCN(CC)S(=O)(=O)c1ccc(CCC(=O)N(CC(=O)O)C(C)C)cc1. The third-order valence-electron chi connectivity index (χ3n) is 4.14. The number of hydrogen-bond donors (Lipinski definition) is 1. The molecule has 0 spiro atoms. The van der Waals surface area contributed by atoms with E-state index < -0.39 is 16.0 Å². The number of rotatable bonds is 10. The van der Waals surface area contributed by atoms with Crippen molar-refractivity contribution in [1.82, 2.24) is 9.21 Å². The molecular weight excluding hydrogens is 356 g/mol. The van der Waals surface area contributed by atoms with Gasteiger partial charge in [-0.2, -0.15) is 4.31 Å². The molecular formula is C18H28N2O5S. The van der Waals surface area contributed by atoms with Gasteiger partial charge in [0, 0.05) is 25.6 Å². The first-order chi connectivity index (χ1) is 12.1. The summed E-state index contributed by atoms with van der Waals surface area (Å²) in [4.78, 5) is 24.7. The Balaban J connectivity index is 2.79. The molecule has 0 atom stereocenters. The second kappa shape index (κ2) is 9.68. The van der Waals surface area contributed by atoms with Crippen molar-refractivity contribution in [2.24, 2.45) is 0 Å². The summed E-state index contributed by atoms with van der Waals surface area (Å²) in [6.45, 7) is 7.61. The third-order valence-corrected chi connectivity index (χ3v) is 6.21. The number of amides is 1. The predicted molar refractivity (Wildman–Crippen MR) is 99.4 cm³/mol. The van der Waals surface area contributed by atoms with Gasteiger partial charge in [0.05, 0.1) is 4.90 Å². The normalized spacial score (nSPS) is 11.8. The van der Waals surface area contributed by atoms with Gasteiger partial charge in [-0.05, 0) is 38.0 Å². The van der Waals surface area contributed by atoms with Crippen LogP contribution in [0.15, 0.2) is 29.2 Å². The van der Waals surface area contributed by atoms with Crippen LogP contribution in [0.1, 0.15) is 39.7 Å². The van der Waals surface area contributed by atoms with Crippen molar-refractivity contribution in [3.05, 3.63) is 29.8 Å². The predicted octanol–water partition coefficient (Wildman–Crippen LogP) is 1.97. The molecule has 0 radical (unpaired) electrons. The largest absolute Gasteiger partial charge is 0.480 e. The second-order valence-corrected chi connectivity index (χ2v) is 8.18. The molecule has 0 bridgehead atoms. The Morgan fingerprint density at radius 3 is 2.04 bits per heavy atom. The van der Waals surface area contributed by atoms with Crippen LogP contribution in [0.25, 0.3) is 0 Å². The number of nitrogens with zero attached hydrogens (tertiary/aromatic N) is 2. The minimum atomic E-state index is -3.49. The van der Waals surface area contributed by atoms with Crippen molar-refractivity contribution < 1.29 is 23.1 Å². The fraction of sp³-hybridized carbons (Fsp3) is 0.556. The van der Waals surface area contributed by atoms with Crippen molar-refractivity contribution in [2.45, 2.75) is 51.5 Å². The van der Waals surface area contributed by atoms with E-state index in [-0.39, 0.29) is 29.8 Å². The summed E-state index contributed by atoms with van der Waals surface area (Å²) < 4.78 is 26.3. The fourth-order valence-corrected chi connectivity index (χ4v) is 4.10. The van der Waals surface area contributed by atoms with E-state index in [4.69, 9.17) is 5.11 Å². The highest BCUT2D eigenvalue weighted by molar-refractivity contribution is 7.89. The van der Waals surface area contributed by atoms with E-state index >= 15 is 0 Å². The number of carbonyl (C=O) groups excluding carboxylic acids is 1. The van der Waals surface area contributed by atoms with Crippen molar-refractivity contribution in [3.63, 3.8) is 0 Å². The lowest BCUT2D eigenvalue weighted by Crippen LogP contribution is -2.40. The van der Waals surface area contributed by atoms with Crippen LogP contribution in [0.4, 0.5) is 0 Å². The van der Waals surface area contributed by atoms with Crippen molar-refractivity contribution in [2.75, 3.05) is 19.6 Å². The van der Waals surface area contributed by atoms with E-state index in [0.29, 0.717) is 19.5 Å². The maximum Gasteiger partial charge on any atom is 0.323 e. The highest BCUT2D eigenvalue weighted by Crippen LogP contribution is 2.17. The van der Waals surface area contributed by atoms with E-state index in [2.05, 4.69) is 0 Å². The summed E-state index contributed by atoms with van der Waals surface area (Å²) in [6.07, 6.45) is 0.598. The van der Waals surface area contributed by atoms with Crippen LogP contribution >= 0.6 is 0 Å². The Bertz CT molecular complexity index is 710. The van der Waals surface area contributed by atoms with Crippen molar-refractivity contribution >= 4 is 21.9 Å². The summed E-state index contributed by atoms with van der Waals surface area (Å²) >= 11 is 0. The average molecular weight is 384 g/mol. The first-order valence-corrected chi connectivity index (χ1v) is 10.2. The molecule has 1 amide bonds. The first-order valence-electron chi connectivity index (χ1n) is 8.73. The molecule has 0 aliphatic rings. The summed E-state index contributed by atoms with van der Waals surface area (Å²) in [7, 11) is -3.49. The van der Waals surface area contributed by atoms with E-state index in [0.717, 1.165) is 5.56 Å². The van der Waals surface area contributed by atoms with Gasteiger partial charge in [-0.15, -0.1) is 0 Å². The van der Waals surface area contributed by atoms with Gasteiger partial charge < -0.3 is 10.0 Å². The Kier molecular flexibility index (Phi) is 8.23. The Hall–Kier alpha value is -1.93. The number of benzene rings is 1. The lowest BCUT2D eigenvalue weighted by Gasteiger charge is -2.25. The molecule has 0 fully saturated rings. The van der Waals surface area contributed by atoms with Crippen LogP contribution in [0.5, 0.6) is 0 Å².